The Morgan fingerprint density at radius 2 is 1.97 bits per heavy atom. The van der Waals surface area contributed by atoms with Crippen LogP contribution >= 0.6 is 0 Å². The number of hydrogen-bond donors (Lipinski definition) is 1. The number of aromatic nitrogens is 1. The normalized spacial score (nSPS) is 14.0. The fraction of sp³-hybridized carbons (Fsp3) is 0.400. The number of nitrogens with zero attached hydrogens (tertiary/aromatic N) is 1. The molecule has 1 aromatic carbocycles. The molecule has 0 unspecified atom stereocenters. The lowest BCUT2D eigenvalue weighted by atomic mass is 9.97. The number of hydrogen-bond acceptors (Lipinski definition) is 4. The SMILES string of the molecule is COC(=O)CCc1c(-c2cccc(OC(F)(F)F)c2)c(C(N)=O)c(C)n1C1CC1. The molecular formula is C20H21F3N2O4. The number of rotatable bonds is 7. The monoisotopic (exact) mass is 410 g/mol. The van der Waals surface area contributed by atoms with Crippen molar-refractivity contribution in [2.45, 2.75) is 45.0 Å². The van der Waals surface area contributed by atoms with Gasteiger partial charge in [0.1, 0.15) is 5.75 Å². The zero-order valence-corrected chi connectivity index (χ0v) is 16.0. The molecule has 1 saturated carbocycles. The van der Waals surface area contributed by atoms with E-state index in [9.17, 15) is 22.8 Å². The molecule has 6 nitrogen and oxygen atoms in total. The van der Waals surface area contributed by atoms with Crippen LogP contribution in [0.4, 0.5) is 13.2 Å². The lowest BCUT2D eigenvalue weighted by molar-refractivity contribution is -0.274. The number of benzene rings is 1. The summed E-state index contributed by atoms with van der Waals surface area (Å²) in [5.41, 5.74) is 7.96. The average Bonchev–Trinajstić information content (AvgIpc) is 3.41. The lowest BCUT2D eigenvalue weighted by Gasteiger charge is -2.13. The fourth-order valence-corrected chi connectivity index (χ4v) is 3.62. The van der Waals surface area contributed by atoms with Gasteiger partial charge in [-0.3, -0.25) is 9.59 Å². The van der Waals surface area contributed by atoms with Crippen LogP contribution in [0.5, 0.6) is 5.75 Å². The summed E-state index contributed by atoms with van der Waals surface area (Å²) >= 11 is 0. The number of ether oxygens (including phenoxy) is 2. The molecule has 1 fully saturated rings. The maximum atomic E-state index is 12.6. The number of halogens is 3. The Labute approximate surface area is 165 Å². The molecule has 1 aliphatic rings. The topological polar surface area (TPSA) is 83.6 Å². The number of amides is 1. The fourth-order valence-electron chi connectivity index (χ4n) is 3.62. The van der Waals surface area contributed by atoms with Crippen LogP contribution in [-0.2, 0) is 16.0 Å². The van der Waals surface area contributed by atoms with Crippen molar-refractivity contribution < 1.29 is 32.2 Å². The Balaban J connectivity index is 2.16. The molecule has 1 aliphatic carbocycles. The van der Waals surface area contributed by atoms with Crippen molar-refractivity contribution in [2.75, 3.05) is 7.11 Å². The molecule has 0 atom stereocenters. The first-order valence-electron chi connectivity index (χ1n) is 9.08. The number of methoxy groups -OCH3 is 1. The Kier molecular flexibility index (Phi) is 5.59. The summed E-state index contributed by atoms with van der Waals surface area (Å²) in [4.78, 5) is 23.9. The van der Waals surface area contributed by atoms with E-state index in [0.29, 0.717) is 22.5 Å². The predicted molar refractivity (Wildman–Crippen MR) is 98.4 cm³/mol. The van der Waals surface area contributed by atoms with Gasteiger partial charge in [-0.1, -0.05) is 12.1 Å². The van der Waals surface area contributed by atoms with E-state index in [4.69, 9.17) is 10.5 Å². The van der Waals surface area contributed by atoms with Crippen molar-refractivity contribution in [1.82, 2.24) is 4.57 Å². The molecule has 2 aromatic rings. The largest absolute Gasteiger partial charge is 0.573 e. The molecule has 0 spiro atoms. The van der Waals surface area contributed by atoms with E-state index < -0.39 is 24.0 Å². The summed E-state index contributed by atoms with van der Waals surface area (Å²) in [5.74, 6) is -1.51. The van der Waals surface area contributed by atoms with Gasteiger partial charge in [-0.2, -0.15) is 0 Å². The molecule has 0 saturated heterocycles. The Morgan fingerprint density at radius 3 is 2.52 bits per heavy atom. The summed E-state index contributed by atoms with van der Waals surface area (Å²) < 4.78 is 48.6. The molecule has 0 radical (unpaired) electrons. The van der Waals surface area contributed by atoms with Gasteiger partial charge >= 0.3 is 12.3 Å². The van der Waals surface area contributed by atoms with Gasteiger partial charge in [0.2, 0.25) is 0 Å². The van der Waals surface area contributed by atoms with Gasteiger partial charge in [0.15, 0.2) is 0 Å². The van der Waals surface area contributed by atoms with Crippen molar-refractivity contribution in [3.8, 4) is 16.9 Å². The maximum absolute atomic E-state index is 12.6. The highest BCUT2D eigenvalue weighted by molar-refractivity contribution is 6.02. The molecule has 1 amide bonds. The summed E-state index contributed by atoms with van der Waals surface area (Å²) in [6, 6.07) is 5.57. The zero-order chi connectivity index (χ0) is 21.3. The molecule has 29 heavy (non-hydrogen) atoms. The van der Waals surface area contributed by atoms with E-state index in [1.54, 1.807) is 13.0 Å². The highest BCUT2D eigenvalue weighted by Gasteiger charge is 2.34. The molecule has 1 heterocycles. The van der Waals surface area contributed by atoms with Crippen LogP contribution in [0.25, 0.3) is 11.1 Å². The van der Waals surface area contributed by atoms with E-state index in [1.165, 1.54) is 25.3 Å². The van der Waals surface area contributed by atoms with Crippen LogP contribution in [-0.4, -0.2) is 29.9 Å². The van der Waals surface area contributed by atoms with Gasteiger partial charge in [0.25, 0.3) is 5.91 Å². The maximum Gasteiger partial charge on any atom is 0.573 e. The first-order chi connectivity index (χ1) is 13.6. The first-order valence-corrected chi connectivity index (χ1v) is 9.08. The number of primary amides is 1. The highest BCUT2D eigenvalue weighted by Crippen LogP contribution is 2.44. The molecule has 0 aliphatic heterocycles. The second-order valence-electron chi connectivity index (χ2n) is 6.90. The van der Waals surface area contributed by atoms with Crippen LogP contribution in [0.3, 0.4) is 0 Å². The third kappa shape index (κ3) is 4.55. The van der Waals surface area contributed by atoms with Crippen molar-refractivity contribution in [3.05, 3.63) is 41.2 Å². The summed E-state index contributed by atoms with van der Waals surface area (Å²) in [5, 5.41) is 0. The van der Waals surface area contributed by atoms with Crippen LogP contribution < -0.4 is 10.5 Å². The lowest BCUT2D eigenvalue weighted by Crippen LogP contribution is -2.17. The minimum Gasteiger partial charge on any atom is -0.469 e. The van der Waals surface area contributed by atoms with Crippen molar-refractivity contribution in [1.29, 1.82) is 0 Å². The van der Waals surface area contributed by atoms with Gasteiger partial charge in [-0.05, 0) is 43.9 Å². The van der Waals surface area contributed by atoms with Gasteiger partial charge in [0, 0.05) is 23.0 Å². The van der Waals surface area contributed by atoms with E-state index in [2.05, 4.69) is 4.74 Å². The van der Waals surface area contributed by atoms with Crippen molar-refractivity contribution in [2.24, 2.45) is 5.73 Å². The molecular weight excluding hydrogens is 389 g/mol. The Morgan fingerprint density at radius 1 is 1.28 bits per heavy atom. The van der Waals surface area contributed by atoms with Gasteiger partial charge in [-0.15, -0.1) is 13.2 Å². The second-order valence-corrected chi connectivity index (χ2v) is 6.90. The minimum absolute atomic E-state index is 0.0661. The third-order valence-electron chi connectivity index (χ3n) is 4.86. The zero-order valence-electron chi connectivity index (χ0n) is 16.0. The summed E-state index contributed by atoms with van der Waals surface area (Å²) in [6.45, 7) is 1.75. The smallest absolute Gasteiger partial charge is 0.469 e. The van der Waals surface area contributed by atoms with Crippen LogP contribution in [0.2, 0.25) is 0 Å². The molecule has 9 heteroatoms. The third-order valence-corrected chi connectivity index (χ3v) is 4.86. The second kappa shape index (κ2) is 7.81. The minimum atomic E-state index is -4.84. The molecule has 156 valence electrons. The standard InChI is InChI=1S/C20H21F3N2O4/c1-11-17(19(24)27)18(12-4-3-5-14(10-12)29-20(21,22)23)15(8-9-16(26)28-2)25(11)13-6-7-13/h3-5,10,13H,6-9H2,1-2H3,(H2,24,27). The van der Waals surface area contributed by atoms with Crippen LogP contribution in [0.15, 0.2) is 24.3 Å². The van der Waals surface area contributed by atoms with E-state index in [-0.39, 0.29) is 24.4 Å². The van der Waals surface area contributed by atoms with Crippen LogP contribution in [0, 0.1) is 6.92 Å². The first kappa shape index (κ1) is 20.8. The predicted octanol–water partition coefficient (Wildman–Crippen LogP) is 3.90. The van der Waals surface area contributed by atoms with Gasteiger partial charge in [0.05, 0.1) is 19.1 Å². The molecule has 3 rings (SSSR count). The van der Waals surface area contributed by atoms with E-state index in [1.807, 2.05) is 4.57 Å². The van der Waals surface area contributed by atoms with Crippen molar-refractivity contribution >= 4 is 11.9 Å². The molecule has 1 aromatic heterocycles. The summed E-state index contributed by atoms with van der Waals surface area (Å²) in [6.07, 6.45) is -2.69. The van der Waals surface area contributed by atoms with Gasteiger partial charge in [-0.25, -0.2) is 0 Å². The van der Waals surface area contributed by atoms with Crippen LogP contribution in [0.1, 0.15) is 47.1 Å². The molecule has 0 bridgehead atoms. The van der Waals surface area contributed by atoms with E-state index >= 15 is 0 Å². The number of carbonyl (C=O) groups is 2. The van der Waals surface area contributed by atoms with Gasteiger partial charge < -0.3 is 19.8 Å². The summed E-state index contributed by atoms with van der Waals surface area (Å²) in [7, 11) is 1.28. The Hall–Kier alpha value is -2.97. The van der Waals surface area contributed by atoms with Crippen molar-refractivity contribution in [3.63, 3.8) is 0 Å². The average molecular weight is 410 g/mol. The number of alkyl halides is 3. The Bertz CT molecular complexity index is 946. The number of esters is 1. The number of carbonyl (C=O) groups excluding carboxylic acids is 2. The highest BCUT2D eigenvalue weighted by atomic mass is 19.4. The number of nitrogens with two attached hydrogens (primary N) is 1. The molecule has 2 N–H and O–H groups in total. The quantitative estimate of drug-likeness (QED) is 0.702. The van der Waals surface area contributed by atoms with E-state index in [0.717, 1.165) is 12.8 Å².